The van der Waals surface area contributed by atoms with Crippen molar-refractivity contribution in [3.63, 3.8) is 0 Å². The van der Waals surface area contributed by atoms with Crippen molar-refractivity contribution in [2.75, 3.05) is 26.3 Å². The number of carbonyl (C=O) groups excluding carboxylic acids is 1. The molecule has 7 heteroatoms. The van der Waals surface area contributed by atoms with Crippen molar-refractivity contribution in [1.82, 2.24) is 14.9 Å². The highest BCUT2D eigenvalue weighted by Crippen LogP contribution is 2.57. The largest absolute Gasteiger partial charge is 0.464 e. The lowest BCUT2D eigenvalue weighted by molar-refractivity contribution is -0.206. The van der Waals surface area contributed by atoms with Gasteiger partial charge in [0.25, 0.3) is 0 Å². The molecule has 0 aromatic carbocycles. The molecule has 1 aromatic rings. The zero-order valence-electron chi connectivity index (χ0n) is 12.3. The van der Waals surface area contributed by atoms with Crippen LogP contribution in [0.15, 0.2) is 10.8 Å². The fourth-order valence-electron chi connectivity index (χ4n) is 3.47. The van der Waals surface area contributed by atoms with E-state index in [4.69, 9.17) is 9.47 Å². The third kappa shape index (κ3) is 2.62. The maximum Gasteiger partial charge on any atom is 0.332 e. The van der Waals surface area contributed by atoms with Crippen LogP contribution in [0.1, 0.15) is 25.6 Å². The first-order chi connectivity index (χ1) is 9.99. The number of rotatable bonds is 5. The van der Waals surface area contributed by atoms with E-state index in [1.54, 1.807) is 6.92 Å². The normalized spacial score (nSPS) is 21.7. The standard InChI is InChI=1S/C14H20BrN3O3/c1-3-20-11(19)5-21-14(6-13(7-14)8-16-9-13)12-17-10(15)4-18(12)2/h4,16H,3,5-9H2,1-2H3. The van der Waals surface area contributed by atoms with Crippen LogP contribution in [0.3, 0.4) is 0 Å². The zero-order valence-corrected chi connectivity index (χ0v) is 13.9. The minimum Gasteiger partial charge on any atom is -0.464 e. The average molecular weight is 358 g/mol. The van der Waals surface area contributed by atoms with Gasteiger partial charge < -0.3 is 19.4 Å². The number of hydrogen-bond donors (Lipinski definition) is 1. The van der Waals surface area contributed by atoms with Crippen LogP contribution in [0.4, 0.5) is 0 Å². The first-order valence-electron chi connectivity index (χ1n) is 7.18. The van der Waals surface area contributed by atoms with E-state index in [2.05, 4.69) is 26.2 Å². The molecular formula is C14H20BrN3O3. The maximum atomic E-state index is 11.6. The van der Waals surface area contributed by atoms with E-state index in [0.717, 1.165) is 36.4 Å². The third-order valence-corrected chi connectivity index (χ3v) is 4.73. The van der Waals surface area contributed by atoms with Gasteiger partial charge in [0.15, 0.2) is 0 Å². The Morgan fingerprint density at radius 2 is 2.24 bits per heavy atom. The molecular weight excluding hydrogens is 338 g/mol. The predicted molar refractivity (Wildman–Crippen MR) is 79.7 cm³/mol. The number of aryl methyl sites for hydroxylation is 1. The highest BCUT2D eigenvalue weighted by atomic mass is 79.9. The lowest BCUT2D eigenvalue weighted by Gasteiger charge is -2.59. The highest BCUT2D eigenvalue weighted by molar-refractivity contribution is 9.10. The Labute approximate surface area is 132 Å². The van der Waals surface area contributed by atoms with Crippen LogP contribution < -0.4 is 5.32 Å². The van der Waals surface area contributed by atoms with Gasteiger partial charge in [0.1, 0.15) is 22.6 Å². The van der Waals surface area contributed by atoms with Gasteiger partial charge in [0, 0.05) is 31.7 Å². The Bertz CT molecular complexity index is 546. The number of hydrogen-bond acceptors (Lipinski definition) is 5. The van der Waals surface area contributed by atoms with Crippen molar-refractivity contribution in [3.8, 4) is 0 Å². The van der Waals surface area contributed by atoms with Crippen LogP contribution in [-0.2, 0) is 26.9 Å². The summed E-state index contributed by atoms with van der Waals surface area (Å²) < 4.78 is 13.7. The Morgan fingerprint density at radius 1 is 1.52 bits per heavy atom. The van der Waals surface area contributed by atoms with Crippen LogP contribution in [0, 0.1) is 5.41 Å². The van der Waals surface area contributed by atoms with Gasteiger partial charge in [0.05, 0.1) is 6.61 Å². The minimum atomic E-state index is -0.477. The van der Waals surface area contributed by atoms with E-state index >= 15 is 0 Å². The number of imidazole rings is 1. The summed E-state index contributed by atoms with van der Waals surface area (Å²) in [4.78, 5) is 16.1. The van der Waals surface area contributed by atoms with E-state index in [1.807, 2.05) is 17.8 Å². The molecule has 0 radical (unpaired) electrons. The van der Waals surface area contributed by atoms with Gasteiger partial charge in [-0.2, -0.15) is 0 Å². The highest BCUT2D eigenvalue weighted by Gasteiger charge is 2.61. The van der Waals surface area contributed by atoms with Gasteiger partial charge in [-0.05, 0) is 35.7 Å². The molecule has 1 saturated heterocycles. The van der Waals surface area contributed by atoms with Gasteiger partial charge in [-0.25, -0.2) is 9.78 Å². The number of esters is 1. The smallest absolute Gasteiger partial charge is 0.332 e. The van der Waals surface area contributed by atoms with Crippen molar-refractivity contribution < 1.29 is 14.3 Å². The van der Waals surface area contributed by atoms with Crippen molar-refractivity contribution in [1.29, 1.82) is 0 Å². The van der Waals surface area contributed by atoms with Crippen LogP contribution in [-0.4, -0.2) is 41.8 Å². The van der Waals surface area contributed by atoms with E-state index in [-0.39, 0.29) is 12.6 Å². The zero-order chi connectivity index (χ0) is 15.1. The molecule has 2 fully saturated rings. The molecule has 0 unspecified atom stereocenters. The fourth-order valence-corrected chi connectivity index (χ4v) is 3.94. The summed E-state index contributed by atoms with van der Waals surface area (Å²) >= 11 is 3.40. The Morgan fingerprint density at radius 3 is 2.71 bits per heavy atom. The molecule has 6 nitrogen and oxygen atoms in total. The van der Waals surface area contributed by atoms with Gasteiger partial charge in [-0.3, -0.25) is 0 Å². The fraction of sp³-hybridized carbons (Fsp3) is 0.714. The second-order valence-corrected chi connectivity index (χ2v) is 6.86. The van der Waals surface area contributed by atoms with Crippen LogP contribution >= 0.6 is 15.9 Å². The van der Waals surface area contributed by atoms with Gasteiger partial charge >= 0.3 is 5.97 Å². The number of nitrogens with zero attached hydrogens (tertiary/aromatic N) is 2. The summed E-state index contributed by atoms with van der Waals surface area (Å²) in [7, 11) is 1.95. The quantitative estimate of drug-likeness (QED) is 0.805. The molecule has 116 valence electrons. The minimum absolute atomic E-state index is 0.0260. The van der Waals surface area contributed by atoms with E-state index in [0.29, 0.717) is 12.0 Å². The number of nitrogens with one attached hydrogen (secondary N) is 1. The molecule has 1 aromatic heterocycles. The summed E-state index contributed by atoms with van der Waals surface area (Å²) in [6.45, 7) is 4.17. The molecule has 0 amide bonds. The SMILES string of the molecule is CCOC(=O)COC1(c2nc(Br)cn2C)CC2(CNC2)C1. The second-order valence-electron chi connectivity index (χ2n) is 6.04. The molecule has 21 heavy (non-hydrogen) atoms. The molecule has 2 aliphatic rings. The molecule has 3 rings (SSSR count). The van der Waals surface area contributed by atoms with Gasteiger partial charge in [-0.1, -0.05) is 0 Å². The van der Waals surface area contributed by atoms with E-state index < -0.39 is 5.60 Å². The van der Waals surface area contributed by atoms with Crippen molar-refractivity contribution in [2.24, 2.45) is 12.5 Å². The van der Waals surface area contributed by atoms with Crippen molar-refractivity contribution >= 4 is 21.9 Å². The molecule has 1 N–H and O–H groups in total. The lowest BCUT2D eigenvalue weighted by atomic mass is 9.55. The third-order valence-electron chi connectivity index (χ3n) is 4.35. The number of ether oxygens (including phenoxy) is 2. The van der Waals surface area contributed by atoms with Crippen LogP contribution in [0.2, 0.25) is 0 Å². The summed E-state index contributed by atoms with van der Waals surface area (Å²) in [6, 6.07) is 0. The monoisotopic (exact) mass is 357 g/mol. The lowest BCUT2D eigenvalue weighted by Crippen LogP contribution is -2.66. The summed E-state index contributed by atoms with van der Waals surface area (Å²) in [5.41, 5.74) is -0.164. The summed E-state index contributed by atoms with van der Waals surface area (Å²) in [5, 5.41) is 3.31. The summed E-state index contributed by atoms with van der Waals surface area (Å²) in [5.74, 6) is 0.550. The second kappa shape index (κ2) is 5.37. The predicted octanol–water partition coefficient (Wildman–Crippen LogP) is 1.34. The summed E-state index contributed by atoms with van der Waals surface area (Å²) in [6.07, 6.45) is 3.70. The number of carbonyl (C=O) groups is 1. The maximum absolute atomic E-state index is 11.6. The Kier molecular flexibility index (Phi) is 3.83. The molecule has 0 bridgehead atoms. The van der Waals surface area contributed by atoms with E-state index in [1.165, 1.54) is 0 Å². The molecule has 2 heterocycles. The first kappa shape index (κ1) is 15.0. The van der Waals surface area contributed by atoms with Gasteiger partial charge in [0.2, 0.25) is 0 Å². The van der Waals surface area contributed by atoms with Crippen molar-refractivity contribution in [3.05, 3.63) is 16.6 Å². The Balaban J connectivity index is 1.76. The molecule has 1 aliphatic carbocycles. The molecule has 1 aliphatic heterocycles. The van der Waals surface area contributed by atoms with Crippen LogP contribution in [0.5, 0.6) is 0 Å². The van der Waals surface area contributed by atoms with Crippen LogP contribution in [0.25, 0.3) is 0 Å². The molecule has 1 spiro atoms. The molecule has 0 atom stereocenters. The molecule has 1 saturated carbocycles. The van der Waals surface area contributed by atoms with E-state index in [9.17, 15) is 4.79 Å². The number of aromatic nitrogens is 2. The topological polar surface area (TPSA) is 65.4 Å². The Hall–Kier alpha value is -0.920. The van der Waals surface area contributed by atoms with Gasteiger partial charge in [-0.15, -0.1) is 0 Å². The average Bonchev–Trinajstić information content (AvgIpc) is 2.66. The number of halogens is 1. The van der Waals surface area contributed by atoms with Crippen molar-refractivity contribution in [2.45, 2.75) is 25.4 Å². The first-order valence-corrected chi connectivity index (χ1v) is 7.98.